The SMILES string of the molecule is CC(CCc1ccccc1)NC(=O)COC(=O)c1cc(S(C)(=O)=O)ccc1Cl. The first-order chi connectivity index (χ1) is 13.2. The van der Waals surface area contributed by atoms with Gasteiger partial charge in [-0.3, -0.25) is 4.79 Å². The van der Waals surface area contributed by atoms with Crippen LogP contribution in [-0.2, 0) is 25.8 Å². The Morgan fingerprint density at radius 3 is 2.46 bits per heavy atom. The normalized spacial score (nSPS) is 12.2. The molecule has 0 aliphatic carbocycles. The maximum absolute atomic E-state index is 12.2. The highest BCUT2D eigenvalue weighted by Crippen LogP contribution is 2.21. The van der Waals surface area contributed by atoms with Gasteiger partial charge >= 0.3 is 5.97 Å². The van der Waals surface area contributed by atoms with Gasteiger partial charge in [0, 0.05) is 12.3 Å². The number of benzene rings is 2. The molecule has 0 fully saturated rings. The fourth-order valence-corrected chi connectivity index (χ4v) is 3.36. The lowest BCUT2D eigenvalue weighted by molar-refractivity contribution is -0.124. The van der Waals surface area contributed by atoms with Crippen molar-refractivity contribution in [1.29, 1.82) is 0 Å². The van der Waals surface area contributed by atoms with Crippen LogP contribution in [0.3, 0.4) is 0 Å². The highest BCUT2D eigenvalue weighted by molar-refractivity contribution is 7.90. The van der Waals surface area contributed by atoms with Crippen LogP contribution >= 0.6 is 11.6 Å². The zero-order valence-electron chi connectivity index (χ0n) is 15.6. The number of halogens is 1. The Morgan fingerprint density at radius 1 is 1.14 bits per heavy atom. The minimum atomic E-state index is -3.50. The maximum atomic E-state index is 12.2. The van der Waals surface area contributed by atoms with E-state index in [2.05, 4.69) is 5.32 Å². The van der Waals surface area contributed by atoms with Gasteiger partial charge in [-0.15, -0.1) is 0 Å². The first-order valence-electron chi connectivity index (χ1n) is 8.67. The van der Waals surface area contributed by atoms with Gasteiger partial charge in [-0.05, 0) is 43.5 Å². The summed E-state index contributed by atoms with van der Waals surface area (Å²) >= 11 is 5.94. The Morgan fingerprint density at radius 2 is 1.82 bits per heavy atom. The summed E-state index contributed by atoms with van der Waals surface area (Å²) in [5.74, 6) is -1.30. The van der Waals surface area contributed by atoms with Gasteiger partial charge in [0.05, 0.1) is 15.5 Å². The third-order valence-electron chi connectivity index (χ3n) is 4.04. The van der Waals surface area contributed by atoms with Gasteiger partial charge in [0.2, 0.25) is 0 Å². The molecule has 6 nitrogen and oxygen atoms in total. The summed E-state index contributed by atoms with van der Waals surface area (Å²) in [5.41, 5.74) is 1.07. The van der Waals surface area contributed by atoms with Gasteiger partial charge in [0.25, 0.3) is 5.91 Å². The fraction of sp³-hybridized carbons (Fsp3) is 0.300. The van der Waals surface area contributed by atoms with Gasteiger partial charge in [-0.1, -0.05) is 41.9 Å². The second-order valence-corrected chi connectivity index (χ2v) is 8.91. The van der Waals surface area contributed by atoms with Crippen LogP contribution < -0.4 is 5.32 Å². The van der Waals surface area contributed by atoms with E-state index in [1.165, 1.54) is 17.7 Å². The van der Waals surface area contributed by atoms with Crippen LogP contribution in [0.25, 0.3) is 0 Å². The van der Waals surface area contributed by atoms with Crippen molar-refractivity contribution in [3.63, 3.8) is 0 Å². The number of carbonyl (C=O) groups excluding carboxylic acids is 2. The molecule has 0 aliphatic rings. The molecule has 2 aromatic rings. The topological polar surface area (TPSA) is 89.5 Å². The highest BCUT2D eigenvalue weighted by Gasteiger charge is 2.18. The predicted molar refractivity (Wildman–Crippen MR) is 107 cm³/mol. The molecule has 1 N–H and O–H groups in total. The Balaban J connectivity index is 1.86. The molecule has 0 spiro atoms. The van der Waals surface area contributed by atoms with Crippen LogP contribution in [0.2, 0.25) is 5.02 Å². The lowest BCUT2D eigenvalue weighted by atomic mass is 10.1. The smallest absolute Gasteiger partial charge is 0.340 e. The summed E-state index contributed by atoms with van der Waals surface area (Å²) in [4.78, 5) is 24.1. The molecule has 0 aliphatic heterocycles. The molecule has 0 heterocycles. The van der Waals surface area contributed by atoms with Crippen molar-refractivity contribution in [2.24, 2.45) is 0 Å². The molecule has 8 heteroatoms. The van der Waals surface area contributed by atoms with E-state index in [1.54, 1.807) is 0 Å². The van der Waals surface area contributed by atoms with E-state index >= 15 is 0 Å². The van der Waals surface area contributed by atoms with E-state index in [4.69, 9.17) is 16.3 Å². The van der Waals surface area contributed by atoms with Crippen molar-refractivity contribution < 1.29 is 22.7 Å². The molecule has 1 unspecified atom stereocenters. The summed E-state index contributed by atoms with van der Waals surface area (Å²) in [5, 5.41) is 2.81. The lowest BCUT2D eigenvalue weighted by Crippen LogP contribution is -2.36. The van der Waals surface area contributed by atoms with Crippen molar-refractivity contribution in [2.75, 3.05) is 12.9 Å². The van der Waals surface area contributed by atoms with Gasteiger partial charge < -0.3 is 10.1 Å². The van der Waals surface area contributed by atoms with Crippen LogP contribution in [0.4, 0.5) is 0 Å². The van der Waals surface area contributed by atoms with E-state index in [0.717, 1.165) is 25.2 Å². The molecule has 28 heavy (non-hydrogen) atoms. The number of esters is 1. The average molecular weight is 424 g/mol. The molecular weight excluding hydrogens is 402 g/mol. The van der Waals surface area contributed by atoms with Crippen molar-refractivity contribution in [3.05, 3.63) is 64.7 Å². The maximum Gasteiger partial charge on any atom is 0.340 e. The zero-order chi connectivity index (χ0) is 20.7. The fourth-order valence-electron chi connectivity index (χ4n) is 2.52. The number of rotatable bonds is 8. The summed E-state index contributed by atoms with van der Waals surface area (Å²) in [6.45, 7) is 1.39. The highest BCUT2D eigenvalue weighted by atomic mass is 35.5. The van der Waals surface area contributed by atoms with Gasteiger partial charge in [-0.25, -0.2) is 13.2 Å². The van der Waals surface area contributed by atoms with Crippen LogP contribution in [0.5, 0.6) is 0 Å². The van der Waals surface area contributed by atoms with Gasteiger partial charge in [0.1, 0.15) is 0 Å². The number of carbonyl (C=O) groups is 2. The third kappa shape index (κ3) is 6.65. The second-order valence-electron chi connectivity index (χ2n) is 6.48. The lowest BCUT2D eigenvalue weighted by Gasteiger charge is -2.14. The quantitative estimate of drug-likeness (QED) is 0.659. The Bertz CT molecular complexity index is 944. The largest absolute Gasteiger partial charge is 0.452 e. The van der Waals surface area contributed by atoms with E-state index in [9.17, 15) is 18.0 Å². The predicted octanol–water partition coefficient (Wildman–Crippen LogP) is 3.04. The number of aryl methyl sites for hydroxylation is 1. The van der Waals surface area contributed by atoms with Crippen molar-refractivity contribution >= 4 is 33.3 Å². The molecule has 1 atom stereocenters. The third-order valence-corrected chi connectivity index (χ3v) is 5.48. The number of amides is 1. The van der Waals surface area contributed by atoms with Crippen LogP contribution in [0.15, 0.2) is 53.4 Å². The Kier molecular flexibility index (Phi) is 7.60. The van der Waals surface area contributed by atoms with Crippen molar-refractivity contribution in [3.8, 4) is 0 Å². The van der Waals surface area contributed by atoms with Crippen LogP contribution in [0, 0.1) is 0 Å². The van der Waals surface area contributed by atoms with Crippen LogP contribution in [0.1, 0.15) is 29.3 Å². The van der Waals surface area contributed by atoms with E-state index in [-0.39, 0.29) is 21.5 Å². The molecule has 150 valence electrons. The molecule has 0 bridgehead atoms. The second kappa shape index (κ2) is 9.71. The Hall–Kier alpha value is -2.38. The molecule has 0 aromatic heterocycles. The minimum Gasteiger partial charge on any atom is -0.452 e. The number of nitrogens with one attached hydrogen (secondary N) is 1. The molecule has 0 saturated heterocycles. The first kappa shape index (κ1) is 21.9. The first-order valence-corrected chi connectivity index (χ1v) is 10.9. The molecule has 2 aromatic carbocycles. The van der Waals surface area contributed by atoms with E-state index in [1.807, 2.05) is 37.3 Å². The molecule has 0 radical (unpaired) electrons. The monoisotopic (exact) mass is 423 g/mol. The summed E-state index contributed by atoms with van der Waals surface area (Å²) in [7, 11) is -3.50. The number of ether oxygens (including phenoxy) is 1. The van der Waals surface area contributed by atoms with Gasteiger partial charge in [0.15, 0.2) is 16.4 Å². The number of hydrogen-bond donors (Lipinski definition) is 1. The van der Waals surface area contributed by atoms with E-state index in [0.29, 0.717) is 0 Å². The molecular formula is C20H22ClNO5S. The van der Waals surface area contributed by atoms with Crippen LogP contribution in [-0.4, -0.2) is 39.2 Å². The molecule has 1 amide bonds. The zero-order valence-corrected chi connectivity index (χ0v) is 17.2. The summed E-state index contributed by atoms with van der Waals surface area (Å²) in [6.07, 6.45) is 2.58. The number of sulfone groups is 1. The molecule has 2 rings (SSSR count). The average Bonchev–Trinajstić information content (AvgIpc) is 2.64. The van der Waals surface area contributed by atoms with Gasteiger partial charge in [-0.2, -0.15) is 0 Å². The number of hydrogen-bond acceptors (Lipinski definition) is 5. The standard InChI is InChI=1S/C20H22ClNO5S/c1-14(8-9-15-6-4-3-5-7-15)22-19(23)13-27-20(24)17-12-16(28(2,25)26)10-11-18(17)21/h3-7,10-12,14H,8-9,13H2,1-2H3,(H,22,23). The summed E-state index contributed by atoms with van der Waals surface area (Å²) < 4.78 is 28.2. The minimum absolute atomic E-state index is 0.0500. The Labute approximate surface area is 169 Å². The van der Waals surface area contributed by atoms with E-state index < -0.39 is 28.3 Å². The summed E-state index contributed by atoms with van der Waals surface area (Å²) in [6, 6.07) is 13.6. The molecule has 0 saturated carbocycles. The van der Waals surface area contributed by atoms with Crippen molar-refractivity contribution in [1.82, 2.24) is 5.32 Å². The van der Waals surface area contributed by atoms with Crippen molar-refractivity contribution in [2.45, 2.75) is 30.7 Å².